The number of nitrogens with zero attached hydrogens (tertiary/aromatic N) is 1. The minimum absolute atomic E-state index is 0.0707. The third kappa shape index (κ3) is 3.40. The quantitative estimate of drug-likeness (QED) is 0.581. The number of benzene rings is 2. The van der Waals surface area contributed by atoms with Crippen LogP contribution in [0.25, 0.3) is 0 Å². The second-order valence-electron chi connectivity index (χ2n) is 5.12. The molecule has 4 heteroatoms. The molecular formula is C18H17N2OS+. The minimum atomic E-state index is 0.0707. The average molecular weight is 309 g/mol. The Balaban J connectivity index is 1.74. The highest BCUT2D eigenvalue weighted by Crippen LogP contribution is 2.17. The first-order chi connectivity index (χ1) is 10.7. The van der Waals surface area contributed by atoms with E-state index in [1.165, 1.54) is 16.9 Å². The number of hydrogen-bond donors (Lipinski definition) is 1. The number of carbonyl (C=O) groups excluding carboxylic acids is 1. The molecule has 0 spiro atoms. The van der Waals surface area contributed by atoms with Gasteiger partial charge in [0.15, 0.2) is 6.54 Å². The SMILES string of the molecule is Nc1sc(Cc2ccccc2)c[n+]1CC(=O)c1ccccc1. The maximum atomic E-state index is 12.3. The zero-order valence-electron chi connectivity index (χ0n) is 12.1. The summed E-state index contributed by atoms with van der Waals surface area (Å²) in [4.78, 5) is 13.4. The standard InChI is InChI=1S/C18H16N2OS/c19-18-20(13-17(21)15-9-5-2-6-10-15)12-16(22-18)11-14-7-3-1-4-8-14/h1-10,12,19H,11,13H2/p+1. The van der Waals surface area contributed by atoms with Crippen LogP contribution < -0.4 is 10.3 Å². The average Bonchev–Trinajstić information content (AvgIpc) is 2.88. The van der Waals surface area contributed by atoms with Crippen molar-refractivity contribution >= 4 is 22.3 Å². The van der Waals surface area contributed by atoms with Crippen molar-refractivity contribution in [3.63, 3.8) is 0 Å². The normalized spacial score (nSPS) is 10.5. The lowest BCUT2D eigenvalue weighted by molar-refractivity contribution is -0.664. The number of ketones is 1. The highest BCUT2D eigenvalue weighted by Gasteiger charge is 2.16. The van der Waals surface area contributed by atoms with E-state index in [0.29, 0.717) is 10.7 Å². The molecule has 0 aliphatic heterocycles. The highest BCUT2D eigenvalue weighted by atomic mass is 32.1. The van der Waals surface area contributed by atoms with E-state index in [1.54, 1.807) is 0 Å². The van der Waals surface area contributed by atoms with Crippen molar-refractivity contribution in [2.75, 3.05) is 5.73 Å². The summed E-state index contributed by atoms with van der Waals surface area (Å²) in [6.45, 7) is 0.279. The molecule has 0 aliphatic carbocycles. The Bertz CT molecular complexity index is 766. The lowest BCUT2D eigenvalue weighted by Gasteiger charge is -1.99. The largest absolute Gasteiger partial charge is 0.332 e. The number of anilines is 1. The van der Waals surface area contributed by atoms with Crippen molar-refractivity contribution in [2.24, 2.45) is 0 Å². The molecule has 1 heterocycles. The molecular weight excluding hydrogens is 292 g/mol. The van der Waals surface area contributed by atoms with Crippen molar-refractivity contribution < 1.29 is 9.36 Å². The van der Waals surface area contributed by atoms with Gasteiger partial charge in [-0.1, -0.05) is 72.0 Å². The first-order valence-corrected chi connectivity index (χ1v) is 7.94. The smallest absolute Gasteiger partial charge is 0.290 e. The molecule has 3 rings (SSSR count). The van der Waals surface area contributed by atoms with Crippen LogP contribution in [0.2, 0.25) is 0 Å². The van der Waals surface area contributed by atoms with Crippen LogP contribution in [0.3, 0.4) is 0 Å². The summed E-state index contributed by atoms with van der Waals surface area (Å²) in [5.74, 6) is 0.0707. The van der Waals surface area contributed by atoms with Crippen molar-refractivity contribution in [2.45, 2.75) is 13.0 Å². The molecule has 0 unspecified atom stereocenters. The molecule has 110 valence electrons. The fourth-order valence-electron chi connectivity index (χ4n) is 2.33. The topological polar surface area (TPSA) is 47.0 Å². The fourth-order valence-corrected chi connectivity index (χ4v) is 3.25. The van der Waals surface area contributed by atoms with Gasteiger partial charge in [0, 0.05) is 12.0 Å². The Kier molecular flexibility index (Phi) is 4.30. The number of nitrogens with two attached hydrogens (primary N) is 1. The summed E-state index contributed by atoms with van der Waals surface area (Å²) in [7, 11) is 0. The zero-order valence-corrected chi connectivity index (χ0v) is 12.9. The number of carbonyl (C=O) groups is 1. The van der Waals surface area contributed by atoms with Gasteiger partial charge in [0.2, 0.25) is 5.78 Å². The number of nitrogen functional groups attached to an aromatic ring is 1. The maximum absolute atomic E-state index is 12.3. The number of Topliss-reactive ketones (excluding diaryl/α,β-unsaturated/α-hetero) is 1. The van der Waals surface area contributed by atoms with Crippen LogP contribution >= 0.6 is 11.3 Å². The van der Waals surface area contributed by atoms with E-state index >= 15 is 0 Å². The maximum Gasteiger partial charge on any atom is 0.332 e. The fraction of sp³-hybridized carbons (Fsp3) is 0.111. The molecule has 22 heavy (non-hydrogen) atoms. The molecule has 0 saturated heterocycles. The van der Waals surface area contributed by atoms with Gasteiger partial charge in [0.05, 0.1) is 4.88 Å². The van der Waals surface area contributed by atoms with Crippen LogP contribution in [-0.2, 0) is 13.0 Å². The number of thiazole rings is 1. The molecule has 0 saturated carbocycles. The van der Waals surface area contributed by atoms with Crippen LogP contribution in [0, 0.1) is 0 Å². The lowest BCUT2D eigenvalue weighted by Crippen LogP contribution is -2.38. The van der Waals surface area contributed by atoms with Crippen molar-refractivity contribution in [1.29, 1.82) is 0 Å². The second kappa shape index (κ2) is 6.54. The summed E-state index contributed by atoms with van der Waals surface area (Å²) in [5, 5.41) is 0.662. The molecule has 2 N–H and O–H groups in total. The summed E-state index contributed by atoms with van der Waals surface area (Å²) >= 11 is 1.53. The van der Waals surface area contributed by atoms with Gasteiger partial charge in [0.1, 0.15) is 6.20 Å². The number of aromatic nitrogens is 1. The zero-order chi connectivity index (χ0) is 15.4. The molecule has 0 aliphatic rings. The third-order valence-corrected chi connectivity index (χ3v) is 4.41. The Hall–Kier alpha value is -2.46. The van der Waals surface area contributed by atoms with Gasteiger partial charge in [-0.2, -0.15) is 0 Å². The Morgan fingerprint density at radius 2 is 1.64 bits per heavy atom. The lowest BCUT2D eigenvalue weighted by atomic mass is 10.1. The molecule has 0 fully saturated rings. The highest BCUT2D eigenvalue weighted by molar-refractivity contribution is 7.14. The molecule has 1 aromatic heterocycles. The summed E-state index contributed by atoms with van der Waals surface area (Å²) in [6, 6.07) is 19.5. The van der Waals surface area contributed by atoms with Gasteiger partial charge in [-0.05, 0) is 5.56 Å². The predicted molar refractivity (Wildman–Crippen MR) is 88.9 cm³/mol. The second-order valence-corrected chi connectivity index (χ2v) is 6.26. The number of rotatable bonds is 5. The van der Waals surface area contributed by atoms with Gasteiger partial charge < -0.3 is 0 Å². The molecule has 0 bridgehead atoms. The van der Waals surface area contributed by atoms with E-state index in [-0.39, 0.29) is 12.3 Å². The van der Waals surface area contributed by atoms with Crippen LogP contribution in [0.5, 0.6) is 0 Å². The van der Waals surface area contributed by atoms with Crippen LogP contribution in [-0.4, -0.2) is 5.78 Å². The molecule has 0 atom stereocenters. The van der Waals surface area contributed by atoms with Crippen molar-refractivity contribution in [3.05, 3.63) is 82.9 Å². The monoisotopic (exact) mass is 309 g/mol. The van der Waals surface area contributed by atoms with E-state index in [0.717, 1.165) is 11.3 Å². The van der Waals surface area contributed by atoms with Gasteiger partial charge in [-0.15, -0.1) is 0 Å². The van der Waals surface area contributed by atoms with E-state index < -0.39 is 0 Å². The Morgan fingerprint density at radius 3 is 2.32 bits per heavy atom. The summed E-state index contributed by atoms with van der Waals surface area (Å²) in [5.41, 5.74) is 8.00. The first-order valence-electron chi connectivity index (χ1n) is 7.12. The molecule has 0 amide bonds. The van der Waals surface area contributed by atoms with Gasteiger partial charge in [-0.3, -0.25) is 10.5 Å². The van der Waals surface area contributed by atoms with Gasteiger partial charge in [-0.25, -0.2) is 4.57 Å². The first kappa shape index (κ1) is 14.5. The van der Waals surface area contributed by atoms with Crippen LogP contribution in [0.15, 0.2) is 66.9 Å². The van der Waals surface area contributed by atoms with E-state index in [4.69, 9.17) is 5.73 Å². The van der Waals surface area contributed by atoms with Gasteiger partial charge in [0.25, 0.3) is 0 Å². The van der Waals surface area contributed by atoms with Crippen molar-refractivity contribution in [1.82, 2.24) is 0 Å². The van der Waals surface area contributed by atoms with Crippen molar-refractivity contribution in [3.8, 4) is 0 Å². The molecule has 3 nitrogen and oxygen atoms in total. The summed E-state index contributed by atoms with van der Waals surface area (Å²) < 4.78 is 1.83. The van der Waals surface area contributed by atoms with E-state index in [2.05, 4.69) is 12.1 Å². The summed E-state index contributed by atoms with van der Waals surface area (Å²) in [6.07, 6.45) is 2.82. The Morgan fingerprint density at radius 1 is 1.00 bits per heavy atom. The van der Waals surface area contributed by atoms with Crippen LogP contribution in [0.4, 0.5) is 5.13 Å². The van der Waals surface area contributed by atoms with Gasteiger partial charge >= 0.3 is 5.13 Å². The Labute approximate surface area is 133 Å². The molecule has 0 radical (unpaired) electrons. The van der Waals surface area contributed by atoms with E-state index in [1.807, 2.05) is 59.3 Å². The van der Waals surface area contributed by atoms with Crippen LogP contribution in [0.1, 0.15) is 20.8 Å². The molecule has 2 aromatic carbocycles. The third-order valence-electron chi connectivity index (χ3n) is 3.45. The number of hydrogen-bond acceptors (Lipinski definition) is 3. The predicted octanol–water partition coefficient (Wildman–Crippen LogP) is 3.09. The van der Waals surface area contributed by atoms with E-state index in [9.17, 15) is 4.79 Å². The molecule has 3 aromatic rings. The minimum Gasteiger partial charge on any atom is -0.290 e.